The monoisotopic (exact) mass is 304 g/mol. The predicted octanol–water partition coefficient (Wildman–Crippen LogP) is 1.64. The molecule has 3 rings (SSSR count). The van der Waals surface area contributed by atoms with Gasteiger partial charge < -0.3 is 9.15 Å². The van der Waals surface area contributed by atoms with Gasteiger partial charge in [0.2, 0.25) is 0 Å². The van der Waals surface area contributed by atoms with Gasteiger partial charge in [-0.15, -0.1) is 6.42 Å². The predicted molar refractivity (Wildman–Crippen MR) is 89.0 cm³/mol. The molecule has 0 fully saturated rings. The van der Waals surface area contributed by atoms with Crippen molar-refractivity contribution in [1.82, 2.24) is 0 Å². The van der Waals surface area contributed by atoms with Crippen LogP contribution in [0.15, 0.2) is 63.8 Å². The van der Waals surface area contributed by atoms with Gasteiger partial charge in [-0.1, -0.05) is 36.3 Å². The van der Waals surface area contributed by atoms with Crippen LogP contribution in [0, 0.1) is 12.3 Å². The zero-order chi connectivity index (χ0) is 16.1. The first-order valence-corrected chi connectivity index (χ1v) is 7.06. The van der Waals surface area contributed by atoms with Crippen molar-refractivity contribution in [3.8, 4) is 18.1 Å². The number of hydrogen-bond donors (Lipinski definition) is 1. The Balaban J connectivity index is 1.96. The van der Waals surface area contributed by atoms with Crippen molar-refractivity contribution in [2.24, 2.45) is 0 Å². The minimum Gasteiger partial charge on any atom is -0.480 e. The summed E-state index contributed by atoms with van der Waals surface area (Å²) < 4.78 is 10.7. The number of nitrogens with one attached hydrogen (secondary N) is 1. The van der Waals surface area contributed by atoms with Crippen LogP contribution in [0.4, 0.5) is 5.69 Å². The molecule has 0 bridgehead atoms. The summed E-state index contributed by atoms with van der Waals surface area (Å²) in [7, 11) is 0. The molecule has 2 aromatic carbocycles. The van der Waals surface area contributed by atoms with Crippen LogP contribution < -0.4 is 15.4 Å². The van der Waals surface area contributed by atoms with Gasteiger partial charge >= 0.3 is 5.63 Å². The SMILES string of the molecule is C#CCOc1ccccc1C=[NH+]c1cc2ccccc2oc1=O. The minimum absolute atomic E-state index is 0.183. The number of rotatable bonds is 4. The van der Waals surface area contributed by atoms with Crippen LogP contribution in [0.2, 0.25) is 0 Å². The second kappa shape index (κ2) is 6.63. The average molecular weight is 304 g/mol. The molecule has 0 aliphatic rings. The van der Waals surface area contributed by atoms with E-state index in [1.54, 1.807) is 18.3 Å². The number of hydrogen-bond acceptors (Lipinski definition) is 3. The number of ether oxygens (including phenoxy) is 1. The number of terminal acetylenes is 1. The molecule has 4 nitrogen and oxygen atoms in total. The van der Waals surface area contributed by atoms with E-state index in [1.165, 1.54) is 0 Å². The van der Waals surface area contributed by atoms with Crippen LogP contribution in [0.5, 0.6) is 5.75 Å². The van der Waals surface area contributed by atoms with E-state index in [4.69, 9.17) is 15.6 Å². The molecule has 1 aromatic heterocycles. The van der Waals surface area contributed by atoms with E-state index in [0.717, 1.165) is 10.9 Å². The third-order valence-electron chi connectivity index (χ3n) is 3.25. The molecular weight excluding hydrogens is 290 g/mol. The van der Waals surface area contributed by atoms with Crippen molar-refractivity contribution in [3.05, 3.63) is 70.6 Å². The lowest BCUT2D eigenvalue weighted by molar-refractivity contribution is -0.349. The Kier molecular flexibility index (Phi) is 4.21. The van der Waals surface area contributed by atoms with Crippen molar-refractivity contribution in [3.63, 3.8) is 0 Å². The summed E-state index contributed by atoms with van der Waals surface area (Å²) in [6, 6.07) is 16.5. The lowest BCUT2D eigenvalue weighted by Crippen LogP contribution is -2.64. The fourth-order valence-electron chi connectivity index (χ4n) is 2.17. The molecule has 1 N–H and O–H groups in total. The molecule has 3 aromatic rings. The maximum Gasteiger partial charge on any atom is 0.409 e. The molecule has 0 spiro atoms. The third-order valence-corrected chi connectivity index (χ3v) is 3.25. The minimum atomic E-state index is -0.429. The maximum absolute atomic E-state index is 12.0. The van der Waals surface area contributed by atoms with Crippen molar-refractivity contribution in [1.29, 1.82) is 0 Å². The topological polar surface area (TPSA) is 53.4 Å². The molecule has 0 aliphatic carbocycles. The highest BCUT2D eigenvalue weighted by Crippen LogP contribution is 2.15. The molecule has 0 saturated carbocycles. The highest BCUT2D eigenvalue weighted by atomic mass is 16.5. The largest absolute Gasteiger partial charge is 0.480 e. The van der Waals surface area contributed by atoms with E-state index in [0.29, 0.717) is 17.0 Å². The summed E-state index contributed by atoms with van der Waals surface area (Å²) in [4.78, 5) is 15.0. The van der Waals surface area contributed by atoms with Crippen LogP contribution in [-0.2, 0) is 0 Å². The Morgan fingerprint density at radius 2 is 1.96 bits per heavy atom. The van der Waals surface area contributed by atoms with Crippen LogP contribution in [0.25, 0.3) is 11.0 Å². The van der Waals surface area contributed by atoms with Crippen LogP contribution in [0.1, 0.15) is 5.56 Å². The Morgan fingerprint density at radius 3 is 2.83 bits per heavy atom. The van der Waals surface area contributed by atoms with E-state index in [2.05, 4.69) is 10.9 Å². The van der Waals surface area contributed by atoms with Gasteiger partial charge in [0, 0.05) is 11.5 Å². The molecule has 112 valence electrons. The fraction of sp³-hybridized carbons (Fsp3) is 0.0526. The quantitative estimate of drug-likeness (QED) is 0.453. The molecule has 4 heteroatoms. The smallest absolute Gasteiger partial charge is 0.409 e. The molecule has 23 heavy (non-hydrogen) atoms. The van der Waals surface area contributed by atoms with E-state index < -0.39 is 5.63 Å². The lowest BCUT2D eigenvalue weighted by Gasteiger charge is -2.03. The average Bonchev–Trinajstić information content (AvgIpc) is 2.59. The molecule has 1 heterocycles. The fourth-order valence-corrected chi connectivity index (χ4v) is 2.17. The van der Waals surface area contributed by atoms with Gasteiger partial charge in [0.15, 0.2) is 6.21 Å². The first kappa shape index (κ1) is 14.6. The molecule has 0 aliphatic heterocycles. The summed E-state index contributed by atoms with van der Waals surface area (Å²) in [5.74, 6) is 3.07. The van der Waals surface area contributed by atoms with Gasteiger partial charge in [0.25, 0.3) is 5.69 Å². The second-order valence-electron chi connectivity index (χ2n) is 4.80. The number of fused-ring (bicyclic) bond motifs is 1. The van der Waals surface area contributed by atoms with Gasteiger partial charge in [-0.25, -0.2) is 9.79 Å². The molecule has 0 unspecified atom stereocenters. The van der Waals surface area contributed by atoms with Crippen LogP contribution in [-0.4, -0.2) is 12.8 Å². The van der Waals surface area contributed by atoms with Crippen molar-refractivity contribution < 1.29 is 14.1 Å². The van der Waals surface area contributed by atoms with Crippen molar-refractivity contribution >= 4 is 22.9 Å². The van der Waals surface area contributed by atoms with Gasteiger partial charge in [-0.3, -0.25) is 0 Å². The highest BCUT2D eigenvalue weighted by molar-refractivity contribution is 5.81. The number of para-hydroxylation sites is 2. The first-order valence-electron chi connectivity index (χ1n) is 7.06. The third kappa shape index (κ3) is 3.30. The Bertz CT molecular complexity index is 964. The Labute approximate surface area is 133 Å². The summed E-state index contributed by atoms with van der Waals surface area (Å²) in [6.45, 7) is 0.183. The summed E-state index contributed by atoms with van der Waals surface area (Å²) in [5, 5.41) is 0.847. The molecule has 0 amide bonds. The van der Waals surface area contributed by atoms with Crippen LogP contribution in [0.3, 0.4) is 0 Å². The number of benzene rings is 2. The van der Waals surface area contributed by atoms with Gasteiger partial charge in [0.05, 0.1) is 5.56 Å². The molecular formula is C19H14NO3+. The second-order valence-corrected chi connectivity index (χ2v) is 4.80. The van der Waals surface area contributed by atoms with E-state index in [-0.39, 0.29) is 6.61 Å². The highest BCUT2D eigenvalue weighted by Gasteiger charge is 2.09. The normalized spacial score (nSPS) is 10.7. The maximum atomic E-state index is 12.0. The first-order chi connectivity index (χ1) is 11.3. The van der Waals surface area contributed by atoms with E-state index in [9.17, 15) is 4.79 Å². The van der Waals surface area contributed by atoms with Crippen LogP contribution >= 0.6 is 0 Å². The van der Waals surface area contributed by atoms with E-state index in [1.807, 2.05) is 42.5 Å². The van der Waals surface area contributed by atoms with Gasteiger partial charge in [-0.05, 0) is 18.2 Å². The Morgan fingerprint density at radius 1 is 1.17 bits per heavy atom. The van der Waals surface area contributed by atoms with Gasteiger partial charge in [-0.2, -0.15) is 0 Å². The molecule has 0 atom stereocenters. The zero-order valence-corrected chi connectivity index (χ0v) is 12.3. The molecule has 0 radical (unpaired) electrons. The zero-order valence-electron chi connectivity index (χ0n) is 12.3. The summed E-state index contributed by atoms with van der Waals surface area (Å²) in [5.41, 5.74) is 1.27. The lowest BCUT2D eigenvalue weighted by atomic mass is 10.2. The summed E-state index contributed by atoms with van der Waals surface area (Å²) in [6.07, 6.45) is 6.90. The summed E-state index contributed by atoms with van der Waals surface area (Å²) >= 11 is 0. The standard InChI is InChI=1S/C19H13NO3/c1-2-11-22-17-9-5-4-8-15(17)13-20-16-12-14-7-3-6-10-18(14)23-19(16)21/h1,3-10,12-13H,11H2/p+1. The Hall–Kier alpha value is -3.32. The van der Waals surface area contributed by atoms with Gasteiger partial charge in [0.1, 0.15) is 17.9 Å². The van der Waals surface area contributed by atoms with E-state index >= 15 is 0 Å². The van der Waals surface area contributed by atoms with Crippen molar-refractivity contribution in [2.75, 3.05) is 6.61 Å². The molecule has 0 saturated heterocycles. The van der Waals surface area contributed by atoms with Crippen molar-refractivity contribution in [2.45, 2.75) is 0 Å².